The quantitative estimate of drug-likeness (QED) is 0.0880. The summed E-state index contributed by atoms with van der Waals surface area (Å²) in [5.74, 6) is -1.12. The molecular weight excluding hydrogens is 538 g/mol. The van der Waals surface area contributed by atoms with Gasteiger partial charge in [-0.1, -0.05) is 106 Å². The third kappa shape index (κ3) is 19.0. The van der Waals surface area contributed by atoms with Gasteiger partial charge >= 0.3 is 11.9 Å². The molecule has 0 aliphatic heterocycles. The van der Waals surface area contributed by atoms with Crippen molar-refractivity contribution in [1.82, 2.24) is 5.32 Å². The first kappa shape index (κ1) is 37.1. The molecule has 1 amide bonds. The summed E-state index contributed by atoms with van der Waals surface area (Å²) in [6.45, 7) is 8.00. The monoisotopic (exact) mass is 589 g/mol. The van der Waals surface area contributed by atoms with E-state index in [4.69, 9.17) is 9.47 Å². The van der Waals surface area contributed by atoms with Gasteiger partial charge in [0.15, 0.2) is 0 Å². The van der Waals surface area contributed by atoms with Gasteiger partial charge in [0.1, 0.15) is 17.4 Å². The molecule has 6 nitrogen and oxygen atoms in total. The Morgan fingerprint density at radius 1 is 0.744 bits per heavy atom. The molecule has 0 heterocycles. The van der Waals surface area contributed by atoms with Gasteiger partial charge in [-0.05, 0) is 76.3 Å². The summed E-state index contributed by atoms with van der Waals surface area (Å²) >= 11 is 0. The maximum atomic E-state index is 12.9. The maximum Gasteiger partial charge on any atom is 0.341 e. The fraction of sp³-hybridized carbons (Fsp3) is 0.432. The van der Waals surface area contributed by atoms with Crippen LogP contribution in [0, 0.1) is 5.92 Å². The topological polar surface area (TPSA) is 81.7 Å². The second-order valence-corrected chi connectivity index (χ2v) is 10.3. The van der Waals surface area contributed by atoms with Crippen LogP contribution in [0.3, 0.4) is 0 Å². The van der Waals surface area contributed by atoms with Crippen LogP contribution in [0.5, 0.6) is 5.75 Å². The van der Waals surface area contributed by atoms with Crippen molar-refractivity contribution in [1.29, 1.82) is 0 Å². The highest BCUT2D eigenvalue weighted by molar-refractivity contribution is 5.94. The highest BCUT2D eigenvalue weighted by atomic mass is 16.5. The number of carbonyl (C=O) groups is 3. The van der Waals surface area contributed by atoms with Crippen LogP contribution in [0.25, 0.3) is 0 Å². The maximum absolute atomic E-state index is 12.9. The van der Waals surface area contributed by atoms with E-state index in [0.29, 0.717) is 12.8 Å². The number of hydrogen-bond donors (Lipinski definition) is 1. The Morgan fingerprint density at radius 3 is 1.77 bits per heavy atom. The molecule has 234 valence electrons. The van der Waals surface area contributed by atoms with Crippen LogP contribution in [-0.2, 0) is 14.3 Å². The number of carbonyl (C=O) groups excluding carboxylic acids is 3. The van der Waals surface area contributed by atoms with Gasteiger partial charge in [-0.2, -0.15) is 0 Å². The number of allylic oxidation sites excluding steroid dienone is 12. The molecule has 0 saturated heterocycles. The molecule has 0 aliphatic carbocycles. The van der Waals surface area contributed by atoms with Crippen LogP contribution in [0.1, 0.15) is 95.8 Å². The number of ether oxygens (including phenoxy) is 2. The Hall–Kier alpha value is -3.93. The van der Waals surface area contributed by atoms with Crippen LogP contribution in [0.15, 0.2) is 97.2 Å². The third-order valence-corrected chi connectivity index (χ3v) is 6.05. The van der Waals surface area contributed by atoms with Crippen molar-refractivity contribution in [3.8, 4) is 5.75 Å². The second-order valence-electron chi connectivity index (χ2n) is 10.3. The van der Waals surface area contributed by atoms with Gasteiger partial charge in [0.2, 0.25) is 5.91 Å². The van der Waals surface area contributed by atoms with Crippen LogP contribution in [0.4, 0.5) is 0 Å². The van der Waals surface area contributed by atoms with E-state index >= 15 is 0 Å². The molecule has 1 aromatic rings. The Kier molecular flexibility index (Phi) is 21.3. The average Bonchev–Trinajstić information content (AvgIpc) is 2.98. The number of rotatable bonds is 21. The lowest BCUT2D eigenvalue weighted by Crippen LogP contribution is -2.43. The molecule has 0 bridgehead atoms. The molecule has 6 heteroatoms. The molecule has 43 heavy (non-hydrogen) atoms. The largest absolute Gasteiger partial charge is 0.462 e. The zero-order valence-electron chi connectivity index (χ0n) is 26.5. The molecule has 0 radical (unpaired) electrons. The summed E-state index contributed by atoms with van der Waals surface area (Å²) in [5, 5.41) is 2.81. The molecule has 0 aromatic heterocycles. The van der Waals surface area contributed by atoms with Crippen LogP contribution in [-0.4, -0.2) is 30.5 Å². The number of hydrogen-bond acceptors (Lipinski definition) is 5. The van der Waals surface area contributed by atoms with Crippen molar-refractivity contribution >= 4 is 17.8 Å². The van der Waals surface area contributed by atoms with Crippen LogP contribution < -0.4 is 10.1 Å². The van der Waals surface area contributed by atoms with E-state index in [9.17, 15) is 14.4 Å². The smallest absolute Gasteiger partial charge is 0.341 e. The van der Waals surface area contributed by atoms with Gasteiger partial charge in [0.25, 0.3) is 0 Å². The summed E-state index contributed by atoms with van der Waals surface area (Å²) in [7, 11) is 0. The van der Waals surface area contributed by atoms with E-state index in [1.165, 1.54) is 0 Å². The standard InChI is InChI=1S/C37H51NO5/c1-5-7-8-9-10-11-12-13-14-15-16-17-18-19-20-21-22-23-24-29-35(39)38-33(30-31(3)4)37(41)43-34-28-26-25-27-32(34)36(40)42-6-2/h7-8,10-11,13-14,16-17,19-20,22-23,25-28,31,33H,5-6,9,12,15,18,21,24,29-30H2,1-4H3,(H,38,39)/b8-7-,11-10-,14-13-,17-16-,20-19-,23-22-. The molecule has 0 aliphatic rings. The number of amides is 1. The molecule has 1 unspecified atom stereocenters. The lowest BCUT2D eigenvalue weighted by molar-refractivity contribution is -0.139. The lowest BCUT2D eigenvalue weighted by Gasteiger charge is -2.20. The molecule has 1 N–H and O–H groups in total. The van der Waals surface area contributed by atoms with Gasteiger partial charge in [0, 0.05) is 6.42 Å². The minimum Gasteiger partial charge on any atom is -0.462 e. The number of nitrogens with one attached hydrogen (secondary N) is 1. The minimum atomic E-state index is -0.812. The molecule has 0 spiro atoms. The summed E-state index contributed by atoms with van der Waals surface area (Å²) in [5.41, 5.74) is 0.171. The van der Waals surface area contributed by atoms with Crippen molar-refractivity contribution in [2.45, 2.75) is 91.5 Å². The first-order chi connectivity index (χ1) is 20.9. The van der Waals surface area contributed by atoms with Crippen LogP contribution in [0.2, 0.25) is 0 Å². The molecule has 1 atom stereocenters. The minimum absolute atomic E-state index is 0.118. The fourth-order valence-electron chi connectivity index (χ4n) is 3.92. The summed E-state index contributed by atoms with van der Waals surface area (Å²) in [6, 6.07) is 5.62. The van der Waals surface area contributed by atoms with E-state index < -0.39 is 18.0 Å². The highest BCUT2D eigenvalue weighted by Crippen LogP contribution is 2.20. The first-order valence-corrected chi connectivity index (χ1v) is 15.6. The first-order valence-electron chi connectivity index (χ1n) is 15.6. The molecule has 0 saturated carbocycles. The SMILES string of the molecule is CC/C=C\C/C=C\C/C=C\C/C=C\C/C=C\C/C=C\CCC(=O)NC(CC(C)C)C(=O)Oc1ccccc1C(=O)OCC. The molecule has 1 aromatic carbocycles. The van der Waals surface area contributed by atoms with E-state index in [1.54, 1.807) is 31.2 Å². The molecule has 0 fully saturated rings. The van der Waals surface area contributed by atoms with E-state index in [0.717, 1.165) is 38.5 Å². The predicted octanol–water partition coefficient (Wildman–Crippen LogP) is 8.78. The van der Waals surface area contributed by atoms with E-state index in [1.807, 2.05) is 26.0 Å². The summed E-state index contributed by atoms with van der Waals surface area (Å²) in [4.78, 5) is 37.7. The zero-order valence-corrected chi connectivity index (χ0v) is 26.5. The molecular formula is C37H51NO5. The third-order valence-electron chi connectivity index (χ3n) is 6.05. The normalized spacial score (nSPS) is 13.0. The highest BCUT2D eigenvalue weighted by Gasteiger charge is 2.25. The Labute approximate surface area is 259 Å². The Morgan fingerprint density at radius 2 is 1.26 bits per heavy atom. The van der Waals surface area contributed by atoms with Crippen LogP contribution >= 0.6 is 0 Å². The van der Waals surface area contributed by atoms with Gasteiger partial charge < -0.3 is 14.8 Å². The number of esters is 2. The van der Waals surface area contributed by atoms with Crippen molar-refractivity contribution in [3.63, 3.8) is 0 Å². The van der Waals surface area contributed by atoms with E-state index in [-0.39, 0.29) is 36.2 Å². The fourth-order valence-corrected chi connectivity index (χ4v) is 3.92. The number of para-hydroxylation sites is 1. The van der Waals surface area contributed by atoms with Crippen molar-refractivity contribution < 1.29 is 23.9 Å². The van der Waals surface area contributed by atoms with Gasteiger partial charge in [-0.15, -0.1) is 0 Å². The summed E-state index contributed by atoms with van der Waals surface area (Å²) in [6.07, 6.45) is 32.7. The lowest BCUT2D eigenvalue weighted by atomic mass is 10.0. The zero-order chi connectivity index (χ0) is 31.5. The van der Waals surface area contributed by atoms with Gasteiger partial charge in [-0.3, -0.25) is 4.79 Å². The van der Waals surface area contributed by atoms with Crippen molar-refractivity contribution in [3.05, 3.63) is 103 Å². The number of benzene rings is 1. The Bertz CT molecular complexity index is 1120. The van der Waals surface area contributed by atoms with Crippen molar-refractivity contribution in [2.75, 3.05) is 6.61 Å². The van der Waals surface area contributed by atoms with Crippen molar-refractivity contribution in [2.24, 2.45) is 5.92 Å². The Balaban J connectivity index is 2.37. The second kappa shape index (κ2) is 24.6. The average molecular weight is 590 g/mol. The van der Waals surface area contributed by atoms with Gasteiger partial charge in [0.05, 0.1) is 6.61 Å². The predicted molar refractivity (Wildman–Crippen MR) is 177 cm³/mol. The molecule has 1 rings (SSSR count). The van der Waals surface area contributed by atoms with Gasteiger partial charge in [-0.25, -0.2) is 9.59 Å². The van der Waals surface area contributed by atoms with E-state index in [2.05, 4.69) is 73.0 Å². The summed E-state index contributed by atoms with van der Waals surface area (Å²) < 4.78 is 10.6.